The number of hydrogen-bond acceptors (Lipinski definition) is 7. The maximum atomic E-state index is 12.6. The molecule has 10 nitrogen and oxygen atoms in total. The Hall–Kier alpha value is -4.23. The molecule has 35 heavy (non-hydrogen) atoms. The zero-order valence-corrected chi connectivity index (χ0v) is 20.2. The number of nitrogens with one attached hydrogen (secondary N) is 3. The first-order valence-electron chi connectivity index (χ1n) is 11.2. The number of nitrogens with zero attached hydrogens (tertiary/aromatic N) is 4. The van der Waals surface area contributed by atoms with Crippen LogP contribution >= 0.6 is 0 Å². The van der Waals surface area contributed by atoms with Crippen LogP contribution in [0.5, 0.6) is 5.75 Å². The highest BCUT2D eigenvalue weighted by molar-refractivity contribution is 6.01. The monoisotopic (exact) mass is 477 g/mol. The number of H-pyrrole nitrogens is 2. The highest BCUT2D eigenvalue weighted by Crippen LogP contribution is 2.22. The van der Waals surface area contributed by atoms with Gasteiger partial charge in [0.25, 0.3) is 5.91 Å². The molecule has 0 aliphatic heterocycles. The molecular formula is C25H31N7O3. The zero-order valence-electron chi connectivity index (χ0n) is 20.2. The van der Waals surface area contributed by atoms with Gasteiger partial charge in [-0.25, -0.2) is 9.97 Å². The maximum Gasteiger partial charge on any atom is 0.262 e. The number of rotatable bonds is 11. The Balaban J connectivity index is 0.000000527. The number of aromatic nitrogens is 4. The van der Waals surface area contributed by atoms with Crippen LogP contribution in [0.15, 0.2) is 54.6 Å². The number of aromatic amines is 2. The van der Waals surface area contributed by atoms with Gasteiger partial charge in [-0.05, 0) is 38.2 Å². The van der Waals surface area contributed by atoms with Crippen molar-refractivity contribution in [3.8, 4) is 11.8 Å². The van der Waals surface area contributed by atoms with Gasteiger partial charge < -0.3 is 24.9 Å². The molecule has 1 aromatic carbocycles. The smallest absolute Gasteiger partial charge is 0.262 e. The Morgan fingerprint density at radius 1 is 1.17 bits per heavy atom. The minimum Gasteiger partial charge on any atom is -0.492 e. The predicted octanol–water partition coefficient (Wildman–Crippen LogP) is 3.14. The van der Waals surface area contributed by atoms with Crippen LogP contribution in [0.1, 0.15) is 47.8 Å². The van der Waals surface area contributed by atoms with E-state index in [2.05, 4.69) is 37.1 Å². The molecule has 2 aromatic heterocycles. The van der Waals surface area contributed by atoms with Crippen LogP contribution in [0, 0.1) is 11.3 Å². The van der Waals surface area contributed by atoms with Crippen LogP contribution in [0.3, 0.4) is 0 Å². The van der Waals surface area contributed by atoms with Crippen LogP contribution < -0.4 is 10.1 Å². The molecule has 0 bridgehead atoms. The van der Waals surface area contributed by atoms with Crippen LogP contribution in [0.25, 0.3) is 6.08 Å². The fraction of sp³-hybridized carbons (Fsp3) is 0.320. The van der Waals surface area contributed by atoms with E-state index in [9.17, 15) is 14.9 Å². The van der Waals surface area contributed by atoms with E-state index < -0.39 is 5.91 Å². The van der Waals surface area contributed by atoms with Crippen molar-refractivity contribution >= 4 is 18.3 Å². The Bertz CT molecular complexity index is 1080. The van der Waals surface area contributed by atoms with Gasteiger partial charge in [0, 0.05) is 37.4 Å². The molecule has 3 N–H and O–H groups in total. The molecule has 0 saturated heterocycles. The van der Waals surface area contributed by atoms with Crippen molar-refractivity contribution in [1.82, 2.24) is 30.2 Å². The SMILES string of the molecule is CCCC(NC(=O)/C(C#N)=C/c1ncc[nH]1)c1ccc(OCCN(C)C)cc1.O=Cc1ncc[nH]1. The van der Waals surface area contributed by atoms with E-state index >= 15 is 0 Å². The summed E-state index contributed by atoms with van der Waals surface area (Å²) in [5.74, 6) is 1.23. The number of hydrogen-bond donors (Lipinski definition) is 3. The van der Waals surface area contributed by atoms with E-state index in [0.717, 1.165) is 30.7 Å². The molecule has 1 amide bonds. The summed E-state index contributed by atoms with van der Waals surface area (Å²) in [7, 11) is 4.00. The molecule has 10 heteroatoms. The summed E-state index contributed by atoms with van der Waals surface area (Å²) in [6.45, 7) is 3.52. The molecule has 0 fully saturated rings. The van der Waals surface area contributed by atoms with E-state index in [1.807, 2.05) is 44.4 Å². The normalized spacial score (nSPS) is 11.7. The summed E-state index contributed by atoms with van der Waals surface area (Å²) in [5, 5.41) is 12.3. The van der Waals surface area contributed by atoms with Crippen molar-refractivity contribution < 1.29 is 14.3 Å². The number of carbonyl (C=O) groups is 2. The Morgan fingerprint density at radius 2 is 1.83 bits per heavy atom. The average Bonchev–Trinajstić information content (AvgIpc) is 3.57. The van der Waals surface area contributed by atoms with Gasteiger partial charge in [-0.2, -0.15) is 5.26 Å². The third-order valence-corrected chi connectivity index (χ3v) is 4.77. The summed E-state index contributed by atoms with van der Waals surface area (Å²) in [6.07, 6.45) is 10.1. The average molecular weight is 478 g/mol. The molecule has 1 atom stereocenters. The Kier molecular flexibility index (Phi) is 11.4. The Labute approximate surface area is 205 Å². The highest BCUT2D eigenvalue weighted by atomic mass is 16.5. The van der Waals surface area contributed by atoms with Crippen LogP contribution in [0.2, 0.25) is 0 Å². The maximum absolute atomic E-state index is 12.6. The summed E-state index contributed by atoms with van der Waals surface area (Å²) in [6, 6.07) is 9.48. The van der Waals surface area contributed by atoms with Crippen molar-refractivity contribution in [1.29, 1.82) is 5.26 Å². The van der Waals surface area contributed by atoms with Gasteiger partial charge >= 0.3 is 0 Å². The van der Waals surface area contributed by atoms with Crippen molar-refractivity contribution in [2.45, 2.75) is 25.8 Å². The van der Waals surface area contributed by atoms with Crippen molar-refractivity contribution in [3.63, 3.8) is 0 Å². The molecule has 0 radical (unpaired) electrons. The molecular weight excluding hydrogens is 446 g/mol. The second-order valence-corrected chi connectivity index (χ2v) is 7.77. The van der Waals surface area contributed by atoms with Crippen LogP contribution in [-0.4, -0.2) is 64.3 Å². The minimum atomic E-state index is -0.413. The lowest BCUT2D eigenvalue weighted by Crippen LogP contribution is -2.29. The van der Waals surface area contributed by atoms with Gasteiger partial charge in [-0.3, -0.25) is 9.59 Å². The first-order chi connectivity index (χ1) is 17.0. The zero-order chi connectivity index (χ0) is 25.5. The minimum absolute atomic E-state index is 0.0136. The third kappa shape index (κ3) is 9.65. The fourth-order valence-electron chi connectivity index (χ4n) is 2.97. The lowest BCUT2D eigenvalue weighted by atomic mass is 10.0. The number of likely N-dealkylation sites (N-methyl/N-ethyl adjacent to an activating group) is 1. The number of nitriles is 1. The molecule has 3 rings (SSSR count). The van der Waals surface area contributed by atoms with Gasteiger partial charge in [0.05, 0.1) is 6.04 Å². The second kappa shape index (κ2) is 14.8. The number of imidazole rings is 2. The van der Waals surface area contributed by atoms with Gasteiger partial charge in [-0.15, -0.1) is 0 Å². The predicted molar refractivity (Wildman–Crippen MR) is 132 cm³/mol. The van der Waals surface area contributed by atoms with Crippen molar-refractivity contribution in [2.24, 2.45) is 0 Å². The largest absolute Gasteiger partial charge is 0.492 e. The fourth-order valence-corrected chi connectivity index (χ4v) is 2.97. The summed E-state index contributed by atoms with van der Waals surface area (Å²) in [5.41, 5.74) is 0.991. The van der Waals surface area contributed by atoms with Crippen LogP contribution in [-0.2, 0) is 4.79 Å². The second-order valence-electron chi connectivity index (χ2n) is 7.77. The number of benzene rings is 1. The molecule has 0 spiro atoms. The van der Waals surface area contributed by atoms with Gasteiger partial charge in [0.2, 0.25) is 0 Å². The van der Waals surface area contributed by atoms with E-state index in [1.165, 1.54) is 12.3 Å². The summed E-state index contributed by atoms with van der Waals surface area (Å²) < 4.78 is 5.72. The van der Waals surface area contributed by atoms with Crippen molar-refractivity contribution in [3.05, 3.63) is 71.8 Å². The molecule has 3 aromatic rings. The first-order valence-corrected chi connectivity index (χ1v) is 11.2. The number of ether oxygens (including phenoxy) is 1. The van der Waals surface area contributed by atoms with Crippen molar-refractivity contribution in [2.75, 3.05) is 27.2 Å². The first kappa shape index (κ1) is 27.0. The number of carbonyl (C=O) groups excluding carboxylic acids is 2. The van der Waals surface area contributed by atoms with E-state index in [-0.39, 0.29) is 11.6 Å². The number of aldehydes is 1. The molecule has 0 aliphatic rings. The molecule has 1 unspecified atom stereocenters. The van der Waals surface area contributed by atoms with Gasteiger partial charge in [0.15, 0.2) is 12.1 Å². The lowest BCUT2D eigenvalue weighted by Gasteiger charge is -2.19. The topological polar surface area (TPSA) is 140 Å². The van der Waals surface area contributed by atoms with Gasteiger partial charge in [0.1, 0.15) is 29.8 Å². The Morgan fingerprint density at radius 3 is 2.31 bits per heavy atom. The molecule has 184 valence electrons. The van der Waals surface area contributed by atoms with E-state index in [4.69, 9.17) is 4.74 Å². The molecule has 0 saturated carbocycles. The summed E-state index contributed by atoms with van der Waals surface area (Å²) in [4.78, 5) is 37.5. The van der Waals surface area contributed by atoms with E-state index in [0.29, 0.717) is 24.5 Å². The molecule has 0 aliphatic carbocycles. The summed E-state index contributed by atoms with van der Waals surface area (Å²) >= 11 is 0. The highest BCUT2D eigenvalue weighted by Gasteiger charge is 2.17. The van der Waals surface area contributed by atoms with Crippen LogP contribution in [0.4, 0.5) is 0 Å². The van der Waals surface area contributed by atoms with Gasteiger partial charge in [-0.1, -0.05) is 25.5 Å². The standard InChI is InChI=1S/C21H27N5O2.C4H4N2O/c1-4-5-19(16-6-8-18(9-7-16)28-13-12-26(2)3)25-21(27)17(15-22)14-20-23-10-11-24-20;7-3-4-5-1-2-6-4/h6-11,14,19H,4-5,12-13H2,1-3H3,(H,23,24)(H,25,27);1-3H,(H,5,6)/b17-14+;. The molecule has 2 heterocycles. The van der Waals surface area contributed by atoms with E-state index in [1.54, 1.807) is 18.6 Å². The number of amides is 1. The lowest BCUT2D eigenvalue weighted by molar-refractivity contribution is -0.117. The quantitative estimate of drug-likeness (QED) is 0.219. The third-order valence-electron chi connectivity index (χ3n) is 4.77.